The van der Waals surface area contributed by atoms with E-state index in [2.05, 4.69) is 0 Å². The monoisotopic (exact) mass is 283 g/mol. The van der Waals surface area contributed by atoms with Crippen molar-refractivity contribution in [2.45, 2.75) is 19.4 Å². The second-order valence-electron chi connectivity index (χ2n) is 4.92. The minimum Gasteiger partial charge on any atom is -0.506 e. The summed E-state index contributed by atoms with van der Waals surface area (Å²) in [5.74, 6) is -2.11. The zero-order valence-corrected chi connectivity index (χ0v) is 11.0. The zero-order valence-electron chi connectivity index (χ0n) is 10.3. The molecule has 1 aliphatic carbocycles. The maximum absolute atomic E-state index is 12.2. The molecule has 0 aliphatic heterocycles. The second kappa shape index (κ2) is 4.51. The van der Waals surface area contributed by atoms with Gasteiger partial charge in [0, 0.05) is 17.5 Å². The Morgan fingerprint density at radius 2 is 2.16 bits per heavy atom. The topological polar surface area (TPSA) is 101 Å². The van der Waals surface area contributed by atoms with Crippen molar-refractivity contribution in [1.82, 2.24) is 0 Å². The third kappa shape index (κ3) is 2.09. The summed E-state index contributed by atoms with van der Waals surface area (Å²) in [5.41, 5.74) is 4.80. The fraction of sp³-hybridized carbons (Fsp3) is 0.385. The molecular formula is C13H14ClNO4. The van der Waals surface area contributed by atoms with Crippen LogP contribution in [0.2, 0.25) is 5.02 Å². The predicted molar refractivity (Wildman–Crippen MR) is 69.3 cm³/mol. The lowest BCUT2D eigenvalue weighted by atomic mass is 9.92. The molecule has 0 aromatic heterocycles. The molecule has 0 heterocycles. The Hall–Kier alpha value is -1.59. The molecule has 3 atom stereocenters. The van der Waals surface area contributed by atoms with Gasteiger partial charge in [0.25, 0.3) is 0 Å². The predicted octanol–water partition coefficient (Wildman–Crippen LogP) is 1.67. The molecule has 5 nitrogen and oxygen atoms in total. The van der Waals surface area contributed by atoms with Crippen molar-refractivity contribution in [3.63, 3.8) is 0 Å². The van der Waals surface area contributed by atoms with Crippen molar-refractivity contribution >= 4 is 23.4 Å². The molecule has 6 heteroatoms. The van der Waals surface area contributed by atoms with Gasteiger partial charge >= 0.3 is 5.97 Å². The highest BCUT2D eigenvalue weighted by Gasteiger charge is 2.65. The van der Waals surface area contributed by atoms with E-state index in [9.17, 15) is 19.8 Å². The summed E-state index contributed by atoms with van der Waals surface area (Å²) in [6, 6.07) is 3.47. The highest BCUT2D eigenvalue weighted by molar-refractivity contribution is 6.32. The molecule has 0 amide bonds. The number of halogens is 1. The normalized spacial score (nSPS) is 26.8. The van der Waals surface area contributed by atoms with E-state index in [4.69, 9.17) is 17.3 Å². The van der Waals surface area contributed by atoms with E-state index >= 15 is 0 Å². The van der Waals surface area contributed by atoms with Crippen molar-refractivity contribution in [2.75, 3.05) is 0 Å². The average molecular weight is 284 g/mol. The number of benzene rings is 1. The van der Waals surface area contributed by atoms with Crippen molar-refractivity contribution in [3.8, 4) is 5.75 Å². The van der Waals surface area contributed by atoms with Gasteiger partial charge in [-0.15, -0.1) is 0 Å². The highest BCUT2D eigenvalue weighted by Crippen LogP contribution is 2.56. The van der Waals surface area contributed by atoms with Crippen LogP contribution in [0.1, 0.15) is 23.7 Å². The summed E-state index contributed by atoms with van der Waals surface area (Å²) >= 11 is 5.74. The van der Waals surface area contributed by atoms with Crippen LogP contribution in [0.5, 0.6) is 5.75 Å². The number of aromatic hydroxyl groups is 1. The molecule has 102 valence electrons. The lowest BCUT2D eigenvalue weighted by molar-refractivity contribution is -0.144. The molecule has 1 saturated carbocycles. The first-order valence-electron chi connectivity index (χ1n) is 5.82. The fourth-order valence-corrected chi connectivity index (χ4v) is 2.58. The van der Waals surface area contributed by atoms with Crippen molar-refractivity contribution < 1.29 is 19.8 Å². The lowest BCUT2D eigenvalue weighted by Gasteiger charge is -2.16. The Morgan fingerprint density at radius 3 is 2.58 bits per heavy atom. The van der Waals surface area contributed by atoms with E-state index in [1.807, 2.05) is 0 Å². The maximum Gasteiger partial charge on any atom is 0.311 e. The van der Waals surface area contributed by atoms with E-state index in [0.29, 0.717) is 0 Å². The maximum atomic E-state index is 12.2. The number of aliphatic carboxylic acids is 1. The van der Waals surface area contributed by atoms with Gasteiger partial charge in [0.2, 0.25) is 0 Å². The number of Topliss-reactive ketones (excluding diaryl/α,β-unsaturated/α-hetero) is 1. The van der Waals surface area contributed by atoms with E-state index < -0.39 is 23.3 Å². The van der Waals surface area contributed by atoms with Gasteiger partial charge in [-0.2, -0.15) is 0 Å². The molecule has 1 fully saturated rings. The Labute approximate surface area is 115 Å². The van der Waals surface area contributed by atoms with Gasteiger partial charge in [0.05, 0.1) is 10.4 Å². The number of rotatable bonds is 4. The van der Waals surface area contributed by atoms with Crippen LogP contribution >= 0.6 is 11.6 Å². The number of ketones is 1. The quantitative estimate of drug-likeness (QED) is 0.730. The Morgan fingerprint density at radius 1 is 1.53 bits per heavy atom. The summed E-state index contributed by atoms with van der Waals surface area (Å²) in [5, 5.41) is 18.6. The Bertz CT molecular complexity index is 558. The Kier molecular flexibility index (Phi) is 3.28. The number of hydrogen-bond acceptors (Lipinski definition) is 4. The SMILES string of the molecule is CC(N)C1(C(=O)O)CC1C(=O)c1ccc(O)c(Cl)c1. The summed E-state index contributed by atoms with van der Waals surface area (Å²) < 4.78 is 0. The molecular weight excluding hydrogens is 270 g/mol. The first kappa shape index (κ1) is 13.8. The third-order valence-corrected chi connectivity index (χ3v) is 4.07. The molecule has 1 aromatic carbocycles. The van der Waals surface area contributed by atoms with Crippen LogP contribution < -0.4 is 5.73 Å². The molecule has 1 aliphatic rings. The van der Waals surface area contributed by atoms with Crippen LogP contribution in [-0.2, 0) is 4.79 Å². The van der Waals surface area contributed by atoms with Crippen LogP contribution in [0.3, 0.4) is 0 Å². The fourth-order valence-electron chi connectivity index (χ4n) is 2.40. The second-order valence-corrected chi connectivity index (χ2v) is 5.33. The van der Waals surface area contributed by atoms with Crippen LogP contribution in [0.15, 0.2) is 18.2 Å². The number of carbonyl (C=O) groups is 2. The number of carboxylic acids is 1. The number of phenols is 1. The minimum atomic E-state index is -1.18. The number of hydrogen-bond donors (Lipinski definition) is 3. The highest BCUT2D eigenvalue weighted by atomic mass is 35.5. The standard InChI is InChI=1S/C13H14ClNO4/c1-6(15)13(12(18)19)5-8(13)11(17)7-2-3-10(16)9(14)4-7/h2-4,6,8,16H,5,15H2,1H3,(H,18,19). The first-order chi connectivity index (χ1) is 8.80. The number of carbonyl (C=O) groups excluding carboxylic acids is 1. The first-order valence-corrected chi connectivity index (χ1v) is 6.20. The molecule has 0 bridgehead atoms. The minimum absolute atomic E-state index is 0.0632. The molecule has 0 spiro atoms. The summed E-state index contributed by atoms with van der Waals surface area (Å²) in [6.07, 6.45) is 0.233. The largest absolute Gasteiger partial charge is 0.506 e. The van der Waals surface area contributed by atoms with Crippen LogP contribution in [-0.4, -0.2) is 28.0 Å². The van der Waals surface area contributed by atoms with Crippen LogP contribution in [0, 0.1) is 11.3 Å². The number of nitrogens with two attached hydrogens (primary N) is 1. The molecule has 19 heavy (non-hydrogen) atoms. The van der Waals surface area contributed by atoms with Crippen molar-refractivity contribution in [3.05, 3.63) is 28.8 Å². The molecule has 1 aromatic rings. The molecule has 0 saturated heterocycles. The third-order valence-electron chi connectivity index (χ3n) is 3.76. The summed E-state index contributed by atoms with van der Waals surface area (Å²) in [6.45, 7) is 1.59. The van der Waals surface area contributed by atoms with E-state index in [1.54, 1.807) is 6.92 Å². The van der Waals surface area contributed by atoms with Gasteiger partial charge in [-0.25, -0.2) is 0 Å². The van der Waals surface area contributed by atoms with Crippen molar-refractivity contribution in [1.29, 1.82) is 0 Å². The number of phenolic OH excluding ortho intramolecular Hbond substituents is 1. The summed E-state index contributed by atoms with van der Waals surface area (Å²) in [7, 11) is 0. The Balaban J connectivity index is 2.27. The molecule has 0 radical (unpaired) electrons. The van der Waals surface area contributed by atoms with Gasteiger partial charge in [0.15, 0.2) is 5.78 Å². The van der Waals surface area contributed by atoms with Gasteiger partial charge in [-0.1, -0.05) is 11.6 Å². The molecule has 3 unspecified atom stereocenters. The zero-order chi connectivity index (χ0) is 14.4. The number of carboxylic acid groups (broad SMARTS) is 1. The van der Waals surface area contributed by atoms with Gasteiger partial charge in [0.1, 0.15) is 5.75 Å². The molecule has 2 rings (SSSR count). The smallest absolute Gasteiger partial charge is 0.311 e. The van der Waals surface area contributed by atoms with Crippen LogP contribution in [0.25, 0.3) is 0 Å². The lowest BCUT2D eigenvalue weighted by Crippen LogP contribution is -2.37. The van der Waals surface area contributed by atoms with E-state index in [-0.39, 0.29) is 28.5 Å². The van der Waals surface area contributed by atoms with Gasteiger partial charge in [-0.3, -0.25) is 9.59 Å². The summed E-state index contributed by atoms with van der Waals surface area (Å²) in [4.78, 5) is 23.5. The average Bonchev–Trinajstić information content (AvgIpc) is 3.08. The van der Waals surface area contributed by atoms with Gasteiger partial charge < -0.3 is 15.9 Å². The van der Waals surface area contributed by atoms with E-state index in [1.165, 1.54) is 18.2 Å². The van der Waals surface area contributed by atoms with Crippen LogP contribution in [0.4, 0.5) is 0 Å². The van der Waals surface area contributed by atoms with Gasteiger partial charge in [-0.05, 0) is 31.5 Å². The van der Waals surface area contributed by atoms with E-state index in [0.717, 1.165) is 0 Å². The van der Waals surface area contributed by atoms with Crippen molar-refractivity contribution in [2.24, 2.45) is 17.1 Å². The molecule has 4 N–H and O–H groups in total.